The van der Waals surface area contributed by atoms with Crippen molar-refractivity contribution < 1.29 is 36.6 Å². The maximum Gasteiger partial charge on any atom is 0.376 e. The van der Waals surface area contributed by atoms with Gasteiger partial charge in [-0.2, -0.15) is 17.6 Å². The molecule has 9 heteroatoms. The average molecular weight is 780 g/mol. The van der Waals surface area contributed by atoms with Gasteiger partial charge in [-0.25, -0.2) is 9.59 Å². The highest BCUT2D eigenvalue weighted by Gasteiger charge is 2.41. The maximum atomic E-state index is 14.6. The molecule has 0 heterocycles. The summed E-state index contributed by atoms with van der Waals surface area (Å²) in [5.41, 5.74) is 0. The van der Waals surface area contributed by atoms with E-state index in [-0.39, 0.29) is 49.7 Å². The standard InChI is InChI=1S/C45H85F4NO4/c1-35(2)26-28-40(37(5)6)33-53-42(51)44(46,47)30-20-14-11-17-23-39(25-19-13-16-22-32-50(9)10)24-18-12-15-21-31-45(48,49)43(52)54-34-41(38(7)8)29-27-36(3)4/h35-41H,11-34H2,1-10H3. The van der Waals surface area contributed by atoms with Crippen molar-refractivity contribution in [2.24, 2.45) is 41.4 Å². The van der Waals surface area contributed by atoms with Crippen molar-refractivity contribution in [2.75, 3.05) is 33.9 Å². The Bertz CT molecular complexity index is 877. The van der Waals surface area contributed by atoms with Gasteiger partial charge in [0, 0.05) is 12.8 Å². The van der Waals surface area contributed by atoms with Crippen LogP contribution in [-0.4, -0.2) is 62.5 Å². The molecule has 322 valence electrons. The van der Waals surface area contributed by atoms with E-state index in [1.54, 1.807) is 0 Å². The Labute approximate surface area is 330 Å². The van der Waals surface area contributed by atoms with E-state index in [0.29, 0.717) is 30.6 Å². The second kappa shape index (κ2) is 29.8. The van der Waals surface area contributed by atoms with Crippen molar-refractivity contribution in [3.8, 4) is 0 Å². The van der Waals surface area contributed by atoms with E-state index < -0.39 is 36.6 Å². The van der Waals surface area contributed by atoms with E-state index in [9.17, 15) is 27.2 Å². The molecule has 0 fully saturated rings. The zero-order chi connectivity index (χ0) is 41.2. The summed E-state index contributed by atoms with van der Waals surface area (Å²) in [6, 6.07) is 0. The number of hydrogen-bond acceptors (Lipinski definition) is 5. The smallest absolute Gasteiger partial charge is 0.376 e. The van der Waals surface area contributed by atoms with Crippen LogP contribution in [-0.2, 0) is 19.1 Å². The number of esters is 2. The number of halogens is 4. The molecule has 0 N–H and O–H groups in total. The molecule has 0 saturated heterocycles. The van der Waals surface area contributed by atoms with E-state index in [1.165, 1.54) is 19.3 Å². The second-order valence-corrected chi connectivity index (χ2v) is 18.3. The minimum Gasteiger partial charge on any atom is -0.461 e. The third kappa shape index (κ3) is 27.3. The summed E-state index contributed by atoms with van der Waals surface area (Å²) < 4.78 is 68.7. The van der Waals surface area contributed by atoms with Crippen LogP contribution in [0.3, 0.4) is 0 Å². The van der Waals surface area contributed by atoms with Crippen molar-refractivity contribution in [1.29, 1.82) is 0 Å². The Kier molecular flexibility index (Phi) is 29.0. The van der Waals surface area contributed by atoms with Crippen LogP contribution in [0, 0.1) is 41.4 Å². The monoisotopic (exact) mass is 780 g/mol. The van der Waals surface area contributed by atoms with Gasteiger partial charge in [-0.3, -0.25) is 0 Å². The molecule has 0 rings (SSSR count). The SMILES string of the molecule is CC(C)CCC(COC(=O)C(F)(F)CCCCCCC(CCCCCCN(C)C)CCCCCCC(F)(F)C(=O)OCC(CCC(C)C)C(C)C)C(C)C. The molecule has 0 aliphatic rings. The number of nitrogens with zero attached hydrogens (tertiary/aromatic N) is 1. The summed E-state index contributed by atoms with van der Waals surface area (Å²) in [4.78, 5) is 26.7. The minimum atomic E-state index is -3.46. The van der Waals surface area contributed by atoms with Gasteiger partial charge in [0.05, 0.1) is 13.2 Å². The van der Waals surface area contributed by atoms with Crippen molar-refractivity contribution in [2.45, 2.75) is 202 Å². The molecule has 5 nitrogen and oxygen atoms in total. The first kappa shape index (κ1) is 52.6. The number of unbranched alkanes of at least 4 members (excludes halogenated alkanes) is 9. The predicted molar refractivity (Wildman–Crippen MR) is 217 cm³/mol. The van der Waals surface area contributed by atoms with Gasteiger partial charge in [-0.05, 0) is 94.2 Å². The van der Waals surface area contributed by atoms with E-state index in [4.69, 9.17) is 9.47 Å². The topological polar surface area (TPSA) is 55.8 Å². The van der Waals surface area contributed by atoms with E-state index in [2.05, 4.69) is 46.7 Å². The largest absolute Gasteiger partial charge is 0.461 e. The van der Waals surface area contributed by atoms with Gasteiger partial charge in [-0.15, -0.1) is 0 Å². The minimum absolute atomic E-state index is 0.0503. The first-order chi connectivity index (χ1) is 25.3. The third-order valence-electron chi connectivity index (χ3n) is 11.2. The molecule has 2 unspecified atom stereocenters. The van der Waals surface area contributed by atoms with Crippen LogP contribution in [0.4, 0.5) is 17.6 Å². The average Bonchev–Trinajstić information content (AvgIpc) is 3.07. The number of alkyl halides is 4. The van der Waals surface area contributed by atoms with Crippen molar-refractivity contribution in [3.63, 3.8) is 0 Å². The molecular formula is C45H85F4NO4. The third-order valence-corrected chi connectivity index (χ3v) is 11.2. The Hall–Kier alpha value is -1.38. The first-order valence-electron chi connectivity index (χ1n) is 22.0. The van der Waals surface area contributed by atoms with Crippen LogP contribution >= 0.6 is 0 Å². The zero-order valence-electron chi connectivity index (χ0n) is 36.6. The number of rotatable bonds is 35. The highest BCUT2D eigenvalue weighted by molar-refractivity contribution is 5.77. The Balaban J connectivity index is 4.68. The van der Waals surface area contributed by atoms with Gasteiger partial charge in [-0.1, -0.05) is 145 Å². The highest BCUT2D eigenvalue weighted by atomic mass is 19.3. The van der Waals surface area contributed by atoms with Crippen molar-refractivity contribution >= 4 is 11.9 Å². The number of carbonyl (C=O) groups excluding carboxylic acids is 2. The summed E-state index contributed by atoms with van der Waals surface area (Å²) in [5.74, 6) is -7.42. The van der Waals surface area contributed by atoms with Crippen LogP contribution in [0.2, 0.25) is 0 Å². The molecule has 54 heavy (non-hydrogen) atoms. The summed E-state index contributed by atoms with van der Waals surface area (Å²) in [7, 11) is 4.18. The van der Waals surface area contributed by atoms with Gasteiger partial charge in [0.1, 0.15) is 0 Å². The van der Waals surface area contributed by atoms with Gasteiger partial charge < -0.3 is 14.4 Å². The van der Waals surface area contributed by atoms with Crippen LogP contribution in [0.25, 0.3) is 0 Å². The lowest BCUT2D eigenvalue weighted by Gasteiger charge is -2.23. The molecule has 2 atom stereocenters. The molecule has 0 aliphatic carbocycles. The highest BCUT2D eigenvalue weighted by Crippen LogP contribution is 2.30. The lowest BCUT2D eigenvalue weighted by molar-refractivity contribution is -0.175. The van der Waals surface area contributed by atoms with Gasteiger partial charge >= 0.3 is 23.8 Å². The van der Waals surface area contributed by atoms with Crippen molar-refractivity contribution in [3.05, 3.63) is 0 Å². The predicted octanol–water partition coefficient (Wildman–Crippen LogP) is 13.6. The fourth-order valence-corrected chi connectivity index (χ4v) is 7.01. The van der Waals surface area contributed by atoms with E-state index in [1.807, 2.05) is 27.7 Å². The van der Waals surface area contributed by atoms with E-state index in [0.717, 1.165) is 83.6 Å². The number of carbonyl (C=O) groups is 2. The molecule has 0 spiro atoms. The lowest BCUT2D eigenvalue weighted by Crippen LogP contribution is -2.33. The molecule has 0 amide bonds. The van der Waals surface area contributed by atoms with Crippen LogP contribution in [0.15, 0.2) is 0 Å². The lowest BCUT2D eigenvalue weighted by atomic mass is 9.89. The van der Waals surface area contributed by atoms with Crippen LogP contribution < -0.4 is 0 Å². The maximum absolute atomic E-state index is 14.6. The quantitative estimate of drug-likeness (QED) is 0.0364. The second-order valence-electron chi connectivity index (χ2n) is 18.3. The fourth-order valence-electron chi connectivity index (χ4n) is 7.01. The molecule has 0 radical (unpaired) electrons. The molecule has 0 aromatic heterocycles. The van der Waals surface area contributed by atoms with E-state index >= 15 is 0 Å². The fraction of sp³-hybridized carbons (Fsp3) is 0.956. The Morgan fingerprint density at radius 2 is 0.815 bits per heavy atom. The first-order valence-corrected chi connectivity index (χ1v) is 22.0. The van der Waals surface area contributed by atoms with Gasteiger partial charge in [0.2, 0.25) is 0 Å². The Morgan fingerprint density at radius 1 is 0.481 bits per heavy atom. The normalized spacial score (nSPS) is 14.4. The van der Waals surface area contributed by atoms with Crippen LogP contribution in [0.1, 0.15) is 190 Å². The zero-order valence-corrected chi connectivity index (χ0v) is 36.6. The molecular weight excluding hydrogens is 694 g/mol. The summed E-state index contributed by atoms with van der Waals surface area (Å²) in [5, 5.41) is 0. The Morgan fingerprint density at radius 3 is 1.13 bits per heavy atom. The molecule has 0 saturated carbocycles. The molecule has 0 aromatic carbocycles. The summed E-state index contributed by atoms with van der Waals surface area (Å²) in [6.07, 6.45) is 16.1. The summed E-state index contributed by atoms with van der Waals surface area (Å²) >= 11 is 0. The number of ether oxygens (including phenoxy) is 2. The molecule has 0 aliphatic heterocycles. The van der Waals surface area contributed by atoms with Gasteiger partial charge in [0.25, 0.3) is 0 Å². The summed E-state index contributed by atoms with van der Waals surface area (Å²) in [6.45, 7) is 17.9. The molecule has 0 bridgehead atoms. The van der Waals surface area contributed by atoms with Crippen LogP contribution in [0.5, 0.6) is 0 Å². The molecule has 0 aromatic rings. The number of hydrogen-bond donors (Lipinski definition) is 0. The van der Waals surface area contributed by atoms with Crippen molar-refractivity contribution in [1.82, 2.24) is 4.90 Å². The van der Waals surface area contributed by atoms with Gasteiger partial charge in [0.15, 0.2) is 0 Å².